The number of nitrogens with one attached hydrogen (secondary N) is 2. The zero-order valence-corrected chi connectivity index (χ0v) is 25.4. The summed E-state index contributed by atoms with van der Waals surface area (Å²) >= 11 is 0. The summed E-state index contributed by atoms with van der Waals surface area (Å²) in [6, 6.07) is 29.9. The second kappa shape index (κ2) is 12.8. The molecule has 0 saturated carbocycles. The average molecular weight is 604 g/mol. The molecular weight excluding hydrogens is 570 g/mol. The Morgan fingerprint density at radius 2 is 1.56 bits per heavy atom. The highest BCUT2D eigenvalue weighted by molar-refractivity contribution is 6.06. The minimum atomic E-state index is -0.597. The Kier molecular flexibility index (Phi) is 8.37. The first kappa shape index (κ1) is 29.3. The standard InChI is InChI=1S/C35H33N5O5/c1-22-31(34(41)37-27-12-8-9-13-28(27)42-2)32(24-14-17-26(18-15-24)45-21-23-10-6-5-7-11-23)40-35(36-22)38-33(39-40)25-16-19-29(43-3)30(20-25)44-4/h5-20,32H,21H2,1-4H3,(H,37,41)(H,36,38,39). The Morgan fingerprint density at radius 3 is 2.29 bits per heavy atom. The number of aromatic nitrogens is 3. The molecule has 0 saturated heterocycles. The number of allylic oxidation sites excluding steroid dienone is 1. The zero-order chi connectivity index (χ0) is 31.3. The summed E-state index contributed by atoms with van der Waals surface area (Å²) in [6.45, 7) is 2.30. The average Bonchev–Trinajstić information content (AvgIpc) is 3.51. The van der Waals surface area contributed by atoms with Crippen LogP contribution in [0.1, 0.15) is 24.1 Å². The highest BCUT2D eigenvalue weighted by Crippen LogP contribution is 2.39. The molecule has 1 aliphatic heterocycles. The number of nitrogens with zero attached hydrogens (tertiary/aromatic N) is 3. The molecule has 10 nitrogen and oxygen atoms in total. The number of amides is 1. The topological polar surface area (TPSA) is 109 Å². The van der Waals surface area contributed by atoms with Crippen LogP contribution in [-0.2, 0) is 11.4 Å². The smallest absolute Gasteiger partial charge is 0.255 e. The third-order valence-corrected chi connectivity index (χ3v) is 7.54. The second-order valence-electron chi connectivity index (χ2n) is 10.3. The van der Waals surface area contributed by atoms with Crippen LogP contribution in [0.2, 0.25) is 0 Å². The van der Waals surface area contributed by atoms with Gasteiger partial charge in [0.25, 0.3) is 5.91 Å². The van der Waals surface area contributed by atoms with Gasteiger partial charge < -0.3 is 29.6 Å². The SMILES string of the molecule is COc1ccccc1NC(=O)C1=C(C)Nc2nc(-c3ccc(OC)c(OC)c3)nn2C1c1ccc(OCc2ccccc2)cc1. The van der Waals surface area contributed by atoms with Crippen molar-refractivity contribution in [3.05, 3.63) is 119 Å². The third-order valence-electron chi connectivity index (χ3n) is 7.54. The maximum absolute atomic E-state index is 14.0. The van der Waals surface area contributed by atoms with E-state index in [1.54, 1.807) is 38.1 Å². The molecule has 1 atom stereocenters. The number of carbonyl (C=O) groups excluding carboxylic acids is 1. The van der Waals surface area contributed by atoms with E-state index in [1.165, 1.54) is 0 Å². The van der Waals surface area contributed by atoms with Gasteiger partial charge in [0.1, 0.15) is 24.1 Å². The van der Waals surface area contributed by atoms with Crippen LogP contribution >= 0.6 is 0 Å². The van der Waals surface area contributed by atoms with E-state index < -0.39 is 6.04 Å². The Bertz CT molecular complexity index is 1850. The molecule has 1 unspecified atom stereocenters. The largest absolute Gasteiger partial charge is 0.495 e. The van der Waals surface area contributed by atoms with Crippen molar-refractivity contribution in [3.8, 4) is 34.4 Å². The summed E-state index contributed by atoms with van der Waals surface area (Å²) in [4.78, 5) is 18.8. The van der Waals surface area contributed by atoms with Crippen molar-refractivity contribution < 1.29 is 23.7 Å². The molecule has 228 valence electrons. The lowest BCUT2D eigenvalue weighted by Crippen LogP contribution is -2.31. The van der Waals surface area contributed by atoms with Gasteiger partial charge in [0.05, 0.1) is 32.6 Å². The van der Waals surface area contributed by atoms with Gasteiger partial charge in [-0.1, -0.05) is 54.6 Å². The van der Waals surface area contributed by atoms with Gasteiger partial charge in [-0.25, -0.2) is 4.68 Å². The second-order valence-corrected chi connectivity index (χ2v) is 10.3. The Balaban J connectivity index is 1.38. The van der Waals surface area contributed by atoms with Gasteiger partial charge >= 0.3 is 0 Å². The lowest BCUT2D eigenvalue weighted by Gasteiger charge is -2.29. The Labute approximate surface area is 261 Å². The fraction of sp³-hybridized carbons (Fsp3) is 0.171. The molecule has 45 heavy (non-hydrogen) atoms. The molecule has 0 aliphatic carbocycles. The quantitative estimate of drug-likeness (QED) is 0.187. The molecule has 2 heterocycles. The normalized spacial score (nSPS) is 13.8. The van der Waals surface area contributed by atoms with Crippen LogP contribution in [0, 0.1) is 0 Å². The van der Waals surface area contributed by atoms with Crippen molar-refractivity contribution in [2.24, 2.45) is 0 Å². The van der Waals surface area contributed by atoms with Crippen molar-refractivity contribution in [3.63, 3.8) is 0 Å². The van der Waals surface area contributed by atoms with E-state index in [1.807, 2.05) is 91.9 Å². The van der Waals surface area contributed by atoms with E-state index in [0.717, 1.165) is 16.7 Å². The van der Waals surface area contributed by atoms with Crippen molar-refractivity contribution in [1.29, 1.82) is 0 Å². The van der Waals surface area contributed by atoms with Gasteiger partial charge in [-0.3, -0.25) is 4.79 Å². The van der Waals surface area contributed by atoms with Crippen molar-refractivity contribution in [2.75, 3.05) is 32.0 Å². The lowest BCUT2D eigenvalue weighted by atomic mass is 9.95. The number of methoxy groups -OCH3 is 3. The first-order valence-electron chi connectivity index (χ1n) is 14.4. The van der Waals surface area contributed by atoms with Gasteiger partial charge in [0, 0.05) is 11.3 Å². The molecule has 0 spiro atoms. The van der Waals surface area contributed by atoms with Gasteiger partial charge in [-0.2, -0.15) is 4.98 Å². The van der Waals surface area contributed by atoms with Crippen LogP contribution in [0.5, 0.6) is 23.0 Å². The van der Waals surface area contributed by atoms with E-state index >= 15 is 0 Å². The number of benzene rings is 4. The molecule has 1 aromatic heterocycles. The number of carbonyl (C=O) groups is 1. The van der Waals surface area contributed by atoms with E-state index in [9.17, 15) is 4.79 Å². The van der Waals surface area contributed by atoms with E-state index in [-0.39, 0.29) is 5.91 Å². The Hall–Kier alpha value is -5.77. The maximum atomic E-state index is 14.0. The molecule has 0 fully saturated rings. The number of anilines is 2. The van der Waals surface area contributed by atoms with Gasteiger partial charge in [-0.05, 0) is 60.5 Å². The maximum Gasteiger partial charge on any atom is 0.255 e. The molecule has 10 heteroatoms. The summed E-state index contributed by atoms with van der Waals surface area (Å²) in [7, 11) is 4.74. The molecule has 4 aromatic carbocycles. The molecule has 1 aliphatic rings. The predicted molar refractivity (Wildman–Crippen MR) is 172 cm³/mol. The van der Waals surface area contributed by atoms with E-state index in [0.29, 0.717) is 58.3 Å². The lowest BCUT2D eigenvalue weighted by molar-refractivity contribution is -0.113. The Morgan fingerprint density at radius 1 is 0.844 bits per heavy atom. The van der Waals surface area contributed by atoms with Gasteiger partial charge in [0.2, 0.25) is 5.95 Å². The fourth-order valence-electron chi connectivity index (χ4n) is 5.28. The number of fused-ring (bicyclic) bond motifs is 1. The highest BCUT2D eigenvalue weighted by atomic mass is 16.5. The number of hydrogen-bond donors (Lipinski definition) is 2. The number of hydrogen-bond acceptors (Lipinski definition) is 8. The third kappa shape index (κ3) is 6.03. The van der Waals surface area contributed by atoms with Crippen LogP contribution in [0.3, 0.4) is 0 Å². The summed E-state index contributed by atoms with van der Waals surface area (Å²) in [5.74, 6) is 3.09. The fourth-order valence-corrected chi connectivity index (χ4v) is 5.28. The molecule has 0 radical (unpaired) electrons. The van der Waals surface area contributed by atoms with E-state index in [4.69, 9.17) is 29.0 Å². The predicted octanol–water partition coefficient (Wildman–Crippen LogP) is 6.48. The van der Waals surface area contributed by atoms with Crippen molar-refractivity contribution in [1.82, 2.24) is 14.8 Å². The summed E-state index contributed by atoms with van der Waals surface area (Å²) < 4.78 is 24.1. The minimum Gasteiger partial charge on any atom is -0.495 e. The van der Waals surface area contributed by atoms with Crippen LogP contribution in [0.4, 0.5) is 11.6 Å². The van der Waals surface area contributed by atoms with E-state index in [2.05, 4.69) is 10.6 Å². The molecule has 6 rings (SSSR count). The summed E-state index contributed by atoms with van der Waals surface area (Å²) in [5.41, 5.74) is 4.33. The van der Waals surface area contributed by atoms with Gasteiger partial charge in [0.15, 0.2) is 17.3 Å². The summed E-state index contributed by atoms with van der Waals surface area (Å²) in [6.07, 6.45) is 0. The molecule has 5 aromatic rings. The number of para-hydroxylation sites is 2. The summed E-state index contributed by atoms with van der Waals surface area (Å²) in [5, 5.41) is 11.2. The number of rotatable bonds is 10. The van der Waals surface area contributed by atoms with Crippen LogP contribution < -0.4 is 29.6 Å². The molecular formula is C35H33N5O5. The van der Waals surface area contributed by atoms with Gasteiger partial charge in [-0.15, -0.1) is 5.10 Å². The van der Waals surface area contributed by atoms with Crippen LogP contribution in [-0.4, -0.2) is 42.0 Å². The number of ether oxygens (including phenoxy) is 4. The zero-order valence-electron chi connectivity index (χ0n) is 25.4. The van der Waals surface area contributed by atoms with Crippen molar-refractivity contribution in [2.45, 2.75) is 19.6 Å². The highest BCUT2D eigenvalue weighted by Gasteiger charge is 2.35. The first-order valence-corrected chi connectivity index (χ1v) is 14.4. The van der Waals surface area contributed by atoms with Crippen LogP contribution in [0.15, 0.2) is 108 Å². The van der Waals surface area contributed by atoms with Crippen molar-refractivity contribution >= 4 is 17.5 Å². The first-order chi connectivity index (χ1) is 22.0. The minimum absolute atomic E-state index is 0.298. The van der Waals surface area contributed by atoms with Crippen LogP contribution in [0.25, 0.3) is 11.4 Å². The monoisotopic (exact) mass is 603 g/mol. The molecule has 2 N–H and O–H groups in total. The molecule has 1 amide bonds. The molecule has 0 bridgehead atoms.